The smallest absolute Gasteiger partial charge is 0.230 e. The van der Waals surface area contributed by atoms with Crippen molar-refractivity contribution in [2.75, 3.05) is 18.9 Å². The van der Waals surface area contributed by atoms with E-state index in [0.29, 0.717) is 12.3 Å². The van der Waals surface area contributed by atoms with Gasteiger partial charge in [-0.1, -0.05) is 11.8 Å². The molecule has 78 valence electrons. The third-order valence-corrected chi connectivity index (χ3v) is 2.60. The zero-order chi connectivity index (χ0) is 10.4. The lowest BCUT2D eigenvalue weighted by molar-refractivity contribution is -0.118. The predicted octanol–water partition coefficient (Wildman–Crippen LogP) is -0.379. The van der Waals surface area contributed by atoms with Crippen LogP contribution in [0.2, 0.25) is 0 Å². The lowest BCUT2D eigenvalue weighted by Gasteiger charge is -2.02. The number of carbonyl (C=O) groups is 1. The third kappa shape index (κ3) is 3.39. The molecule has 0 unspecified atom stereocenters. The van der Waals surface area contributed by atoms with Crippen LogP contribution in [-0.2, 0) is 11.8 Å². The van der Waals surface area contributed by atoms with E-state index in [4.69, 9.17) is 5.11 Å². The number of carbonyl (C=O) groups excluding carboxylic acids is 1. The van der Waals surface area contributed by atoms with E-state index in [-0.39, 0.29) is 12.5 Å². The summed E-state index contributed by atoms with van der Waals surface area (Å²) in [7, 11) is 1.88. The maximum atomic E-state index is 11.1. The Kier molecular flexibility index (Phi) is 4.48. The Balaban J connectivity index is 2.27. The molecule has 1 amide bonds. The number of aliphatic hydroxyl groups excluding tert-OH is 1. The lowest BCUT2D eigenvalue weighted by Crippen LogP contribution is -2.27. The van der Waals surface area contributed by atoms with Crippen LogP contribution >= 0.6 is 11.8 Å². The van der Waals surface area contributed by atoms with Gasteiger partial charge in [0, 0.05) is 26.0 Å². The minimum Gasteiger partial charge on any atom is -0.395 e. The number of imidazole rings is 1. The van der Waals surface area contributed by atoms with Gasteiger partial charge in [0.1, 0.15) is 0 Å². The van der Waals surface area contributed by atoms with E-state index in [1.54, 1.807) is 6.20 Å². The number of aryl methyl sites for hydroxylation is 1. The molecule has 0 saturated carbocycles. The normalized spacial score (nSPS) is 10.1. The number of thioether (sulfide) groups is 1. The summed E-state index contributed by atoms with van der Waals surface area (Å²) in [5.74, 6) is 0.234. The van der Waals surface area contributed by atoms with Crippen LogP contribution in [0.4, 0.5) is 0 Å². The monoisotopic (exact) mass is 215 g/mol. The quantitative estimate of drug-likeness (QED) is 0.657. The maximum absolute atomic E-state index is 11.1. The number of amides is 1. The number of aliphatic hydroxyl groups is 1. The topological polar surface area (TPSA) is 67.2 Å². The second-order valence-electron chi connectivity index (χ2n) is 2.68. The lowest BCUT2D eigenvalue weighted by atomic mass is 10.6. The molecule has 0 radical (unpaired) electrons. The van der Waals surface area contributed by atoms with Gasteiger partial charge < -0.3 is 15.0 Å². The highest BCUT2D eigenvalue weighted by Crippen LogP contribution is 2.13. The standard InChI is InChI=1S/C8H13N3O2S/c1-11-4-2-10-8(11)14-6-7(13)9-3-5-12/h2,4,12H,3,5-6H2,1H3,(H,9,13). The number of hydrogen-bond acceptors (Lipinski definition) is 4. The van der Waals surface area contributed by atoms with E-state index in [1.807, 2.05) is 17.8 Å². The summed E-state index contributed by atoms with van der Waals surface area (Å²) in [5, 5.41) is 11.9. The van der Waals surface area contributed by atoms with Crippen molar-refractivity contribution in [1.82, 2.24) is 14.9 Å². The van der Waals surface area contributed by atoms with Crippen LogP contribution in [0.5, 0.6) is 0 Å². The summed E-state index contributed by atoms with van der Waals surface area (Å²) in [6.07, 6.45) is 3.52. The van der Waals surface area contributed by atoms with Gasteiger partial charge in [-0.2, -0.15) is 0 Å². The van der Waals surface area contributed by atoms with Crippen LogP contribution in [-0.4, -0.2) is 39.5 Å². The van der Waals surface area contributed by atoms with Crippen molar-refractivity contribution in [1.29, 1.82) is 0 Å². The van der Waals surface area contributed by atoms with Crippen LogP contribution in [0.1, 0.15) is 0 Å². The molecular formula is C8H13N3O2S. The molecule has 0 aromatic carbocycles. The van der Waals surface area contributed by atoms with Gasteiger partial charge in [0.15, 0.2) is 5.16 Å². The largest absolute Gasteiger partial charge is 0.395 e. The molecule has 1 aromatic heterocycles. The van der Waals surface area contributed by atoms with Crippen LogP contribution in [0, 0.1) is 0 Å². The molecule has 6 heteroatoms. The van der Waals surface area contributed by atoms with Crippen LogP contribution in [0.3, 0.4) is 0 Å². The fraction of sp³-hybridized carbons (Fsp3) is 0.500. The van der Waals surface area contributed by atoms with Crippen molar-refractivity contribution >= 4 is 17.7 Å². The molecule has 1 rings (SSSR count). The molecule has 14 heavy (non-hydrogen) atoms. The summed E-state index contributed by atoms with van der Waals surface area (Å²) in [6, 6.07) is 0. The summed E-state index contributed by atoms with van der Waals surface area (Å²) >= 11 is 1.37. The van der Waals surface area contributed by atoms with Crippen molar-refractivity contribution < 1.29 is 9.90 Å². The van der Waals surface area contributed by atoms with E-state index in [9.17, 15) is 4.79 Å². The summed E-state index contributed by atoms with van der Waals surface area (Å²) < 4.78 is 1.85. The Bertz CT molecular complexity index is 301. The Morgan fingerprint density at radius 2 is 2.57 bits per heavy atom. The van der Waals surface area contributed by atoms with E-state index in [1.165, 1.54) is 11.8 Å². The second-order valence-corrected chi connectivity index (χ2v) is 3.63. The summed E-state index contributed by atoms with van der Waals surface area (Å²) in [4.78, 5) is 15.2. The van der Waals surface area contributed by atoms with Gasteiger partial charge in [0.25, 0.3) is 0 Å². The van der Waals surface area contributed by atoms with Gasteiger partial charge >= 0.3 is 0 Å². The number of nitrogens with one attached hydrogen (secondary N) is 1. The first-order valence-corrected chi connectivity index (χ1v) is 5.20. The third-order valence-electron chi connectivity index (χ3n) is 1.54. The van der Waals surface area contributed by atoms with Crippen LogP contribution in [0.15, 0.2) is 17.6 Å². The summed E-state index contributed by atoms with van der Waals surface area (Å²) in [6.45, 7) is 0.277. The predicted molar refractivity (Wildman–Crippen MR) is 54.0 cm³/mol. The SMILES string of the molecule is Cn1ccnc1SCC(=O)NCCO. The van der Waals surface area contributed by atoms with E-state index in [0.717, 1.165) is 5.16 Å². The van der Waals surface area contributed by atoms with Crippen LogP contribution in [0.25, 0.3) is 0 Å². The number of rotatable bonds is 5. The molecule has 1 aromatic rings. The van der Waals surface area contributed by atoms with Crippen molar-refractivity contribution in [3.63, 3.8) is 0 Å². The number of nitrogens with zero attached hydrogens (tertiary/aromatic N) is 2. The first-order chi connectivity index (χ1) is 6.74. The molecule has 0 atom stereocenters. The zero-order valence-electron chi connectivity index (χ0n) is 7.93. The number of aromatic nitrogens is 2. The molecule has 2 N–H and O–H groups in total. The van der Waals surface area contributed by atoms with E-state index in [2.05, 4.69) is 10.3 Å². The molecule has 0 aliphatic heterocycles. The first-order valence-electron chi connectivity index (χ1n) is 4.21. The summed E-state index contributed by atoms with van der Waals surface area (Å²) in [5.41, 5.74) is 0. The zero-order valence-corrected chi connectivity index (χ0v) is 8.75. The van der Waals surface area contributed by atoms with Crippen LogP contribution < -0.4 is 5.32 Å². The van der Waals surface area contributed by atoms with Gasteiger partial charge in [-0.05, 0) is 0 Å². The van der Waals surface area contributed by atoms with Gasteiger partial charge in [-0.15, -0.1) is 0 Å². The first kappa shape index (κ1) is 11.1. The fourth-order valence-corrected chi connectivity index (χ4v) is 1.63. The van der Waals surface area contributed by atoms with Gasteiger partial charge in [-0.25, -0.2) is 4.98 Å². The Hall–Kier alpha value is -1.01. The minimum absolute atomic E-state index is 0.0290. The molecule has 0 bridgehead atoms. The van der Waals surface area contributed by atoms with Crippen molar-refractivity contribution in [3.8, 4) is 0 Å². The highest BCUT2D eigenvalue weighted by molar-refractivity contribution is 7.99. The molecular weight excluding hydrogens is 202 g/mol. The highest BCUT2D eigenvalue weighted by Gasteiger charge is 2.04. The highest BCUT2D eigenvalue weighted by atomic mass is 32.2. The van der Waals surface area contributed by atoms with Crippen molar-refractivity contribution in [2.24, 2.45) is 7.05 Å². The Morgan fingerprint density at radius 3 is 3.14 bits per heavy atom. The fourth-order valence-electron chi connectivity index (χ4n) is 0.867. The second kappa shape index (κ2) is 5.66. The minimum atomic E-state index is -0.0907. The molecule has 1 heterocycles. The Labute approximate surface area is 86.5 Å². The van der Waals surface area contributed by atoms with Crippen molar-refractivity contribution in [3.05, 3.63) is 12.4 Å². The van der Waals surface area contributed by atoms with Gasteiger partial charge in [-0.3, -0.25) is 4.79 Å². The van der Waals surface area contributed by atoms with E-state index < -0.39 is 0 Å². The average Bonchev–Trinajstić information content (AvgIpc) is 2.58. The van der Waals surface area contributed by atoms with Crippen molar-refractivity contribution in [2.45, 2.75) is 5.16 Å². The Morgan fingerprint density at radius 1 is 1.79 bits per heavy atom. The molecule has 5 nitrogen and oxygen atoms in total. The molecule has 0 aliphatic carbocycles. The average molecular weight is 215 g/mol. The van der Waals surface area contributed by atoms with E-state index >= 15 is 0 Å². The van der Waals surface area contributed by atoms with Gasteiger partial charge in [0.05, 0.1) is 12.4 Å². The molecule has 0 saturated heterocycles. The maximum Gasteiger partial charge on any atom is 0.230 e. The molecule has 0 spiro atoms. The number of hydrogen-bond donors (Lipinski definition) is 2. The molecule has 0 fully saturated rings. The molecule has 0 aliphatic rings. The van der Waals surface area contributed by atoms with Gasteiger partial charge in [0.2, 0.25) is 5.91 Å².